The Hall–Kier alpha value is -2.88. The number of hydrogen-bond acceptors (Lipinski definition) is 4. The van der Waals surface area contributed by atoms with E-state index in [1.54, 1.807) is 30.2 Å². The standard InChI is InChI=1S/C22H24F3N5O2/c1-13-8-18-16(19-17(20(31)27-18)10-26-30(19)11-14-2-3-14)9-15(13)21(32)29-6-4-28(5-7-29)12-22(23,24)25/h8-10,14H,2-7,11-12H2,1H3,(H,27,31). The molecule has 1 amide bonds. The summed E-state index contributed by atoms with van der Waals surface area (Å²) in [6.07, 6.45) is -0.388. The van der Waals surface area contributed by atoms with Gasteiger partial charge in [0, 0.05) is 43.7 Å². The number of nitrogens with zero attached hydrogens (tertiary/aromatic N) is 4. The largest absolute Gasteiger partial charge is 0.401 e. The fourth-order valence-electron chi connectivity index (χ4n) is 4.48. The van der Waals surface area contributed by atoms with Crippen LogP contribution in [0.4, 0.5) is 13.2 Å². The van der Waals surface area contributed by atoms with Gasteiger partial charge in [-0.1, -0.05) is 0 Å². The fourth-order valence-corrected chi connectivity index (χ4v) is 4.48. The highest BCUT2D eigenvalue weighted by Gasteiger charge is 2.33. The molecule has 2 aromatic heterocycles. The molecule has 1 aliphatic carbocycles. The van der Waals surface area contributed by atoms with Crippen LogP contribution in [0, 0.1) is 12.8 Å². The van der Waals surface area contributed by atoms with Crippen LogP contribution in [-0.4, -0.2) is 69.4 Å². The van der Waals surface area contributed by atoms with E-state index in [-0.39, 0.29) is 37.6 Å². The molecule has 2 fully saturated rings. The maximum atomic E-state index is 13.3. The lowest BCUT2D eigenvalue weighted by Crippen LogP contribution is -2.51. The summed E-state index contributed by atoms with van der Waals surface area (Å²) in [5.41, 5.74) is 2.36. The summed E-state index contributed by atoms with van der Waals surface area (Å²) in [6, 6.07) is 3.58. The number of piperazine rings is 1. The highest BCUT2D eigenvalue weighted by atomic mass is 19.4. The molecule has 10 heteroatoms. The molecule has 0 radical (unpaired) electrons. The number of amides is 1. The van der Waals surface area contributed by atoms with Crippen molar-refractivity contribution in [1.29, 1.82) is 0 Å². The summed E-state index contributed by atoms with van der Waals surface area (Å²) in [5, 5.41) is 5.65. The minimum atomic E-state index is -4.24. The Labute approximate surface area is 181 Å². The van der Waals surface area contributed by atoms with Crippen LogP contribution >= 0.6 is 0 Å². The number of benzene rings is 1. The highest BCUT2D eigenvalue weighted by molar-refractivity contribution is 6.07. The van der Waals surface area contributed by atoms with Crippen LogP contribution in [0.1, 0.15) is 28.8 Å². The van der Waals surface area contributed by atoms with Crippen LogP contribution in [0.3, 0.4) is 0 Å². The number of fused-ring (bicyclic) bond motifs is 3. The normalized spacial score (nSPS) is 18.1. The zero-order valence-corrected chi connectivity index (χ0v) is 17.7. The van der Waals surface area contributed by atoms with E-state index in [2.05, 4.69) is 10.1 Å². The van der Waals surface area contributed by atoms with Crippen molar-refractivity contribution < 1.29 is 18.0 Å². The van der Waals surface area contributed by atoms with Gasteiger partial charge in [0.2, 0.25) is 0 Å². The van der Waals surface area contributed by atoms with Gasteiger partial charge in [-0.25, -0.2) is 0 Å². The molecule has 32 heavy (non-hydrogen) atoms. The summed E-state index contributed by atoms with van der Waals surface area (Å²) in [4.78, 5) is 31.6. The second-order valence-electron chi connectivity index (χ2n) is 8.88. The first-order valence-electron chi connectivity index (χ1n) is 10.8. The number of rotatable bonds is 4. The lowest BCUT2D eigenvalue weighted by atomic mass is 10.0. The molecule has 0 spiro atoms. The van der Waals surface area contributed by atoms with Gasteiger partial charge < -0.3 is 9.88 Å². The van der Waals surface area contributed by atoms with E-state index in [4.69, 9.17) is 0 Å². The zero-order valence-electron chi connectivity index (χ0n) is 17.7. The van der Waals surface area contributed by atoms with E-state index in [1.165, 1.54) is 4.90 Å². The molecule has 2 aliphatic rings. The minimum absolute atomic E-state index is 0.184. The third-order valence-electron chi connectivity index (χ3n) is 6.37. The van der Waals surface area contributed by atoms with E-state index in [0.717, 1.165) is 30.3 Å². The SMILES string of the molecule is Cc1cc2[nH]c(=O)c3cnn(CC4CC4)c3c2cc1C(=O)N1CCN(CC(F)(F)F)CC1. The van der Waals surface area contributed by atoms with Crippen molar-refractivity contribution in [1.82, 2.24) is 24.6 Å². The molecule has 1 saturated carbocycles. The van der Waals surface area contributed by atoms with Crippen molar-refractivity contribution in [2.24, 2.45) is 5.92 Å². The molecular weight excluding hydrogens is 423 g/mol. The molecule has 1 aliphatic heterocycles. The van der Waals surface area contributed by atoms with Crippen molar-refractivity contribution in [2.75, 3.05) is 32.7 Å². The van der Waals surface area contributed by atoms with Crippen molar-refractivity contribution in [3.05, 3.63) is 39.8 Å². The Bertz CT molecular complexity index is 1250. The minimum Gasteiger partial charge on any atom is -0.336 e. The van der Waals surface area contributed by atoms with Crippen LogP contribution in [0.15, 0.2) is 23.1 Å². The smallest absolute Gasteiger partial charge is 0.336 e. The predicted molar refractivity (Wildman–Crippen MR) is 114 cm³/mol. The van der Waals surface area contributed by atoms with Crippen molar-refractivity contribution >= 4 is 27.7 Å². The molecule has 3 heterocycles. The van der Waals surface area contributed by atoms with Crippen LogP contribution in [0.5, 0.6) is 0 Å². The average molecular weight is 447 g/mol. The molecule has 1 saturated heterocycles. The Morgan fingerprint density at radius 1 is 1.16 bits per heavy atom. The molecule has 170 valence electrons. The van der Waals surface area contributed by atoms with Gasteiger partial charge in [-0.2, -0.15) is 18.3 Å². The van der Waals surface area contributed by atoms with Gasteiger partial charge >= 0.3 is 6.18 Å². The average Bonchev–Trinajstić information content (AvgIpc) is 3.44. The number of nitrogens with one attached hydrogen (secondary N) is 1. The van der Waals surface area contributed by atoms with Gasteiger partial charge in [-0.15, -0.1) is 0 Å². The first-order chi connectivity index (χ1) is 15.2. The molecule has 7 nitrogen and oxygen atoms in total. The number of aryl methyl sites for hydroxylation is 1. The molecular formula is C22H24F3N5O2. The van der Waals surface area contributed by atoms with E-state index >= 15 is 0 Å². The number of H-pyrrole nitrogens is 1. The van der Waals surface area contributed by atoms with Gasteiger partial charge in [-0.05, 0) is 43.4 Å². The van der Waals surface area contributed by atoms with Gasteiger partial charge in [0.05, 0.1) is 29.2 Å². The van der Waals surface area contributed by atoms with E-state index in [0.29, 0.717) is 27.9 Å². The number of hydrogen-bond donors (Lipinski definition) is 1. The maximum absolute atomic E-state index is 13.3. The molecule has 5 rings (SSSR count). The summed E-state index contributed by atoms with van der Waals surface area (Å²) in [6.45, 7) is 2.44. The van der Waals surface area contributed by atoms with Gasteiger partial charge in [0.1, 0.15) is 0 Å². The number of halogens is 3. The quantitative estimate of drug-likeness (QED) is 0.668. The van der Waals surface area contributed by atoms with Gasteiger partial charge in [0.25, 0.3) is 11.5 Å². The summed E-state index contributed by atoms with van der Waals surface area (Å²) in [7, 11) is 0. The van der Waals surface area contributed by atoms with Crippen LogP contribution in [0.25, 0.3) is 21.8 Å². The summed E-state index contributed by atoms with van der Waals surface area (Å²) >= 11 is 0. The number of alkyl halides is 3. The predicted octanol–water partition coefficient (Wildman–Crippen LogP) is 2.92. The summed E-state index contributed by atoms with van der Waals surface area (Å²) in [5.74, 6) is 0.357. The number of carbonyl (C=O) groups excluding carboxylic acids is 1. The maximum Gasteiger partial charge on any atom is 0.401 e. The van der Waals surface area contributed by atoms with Gasteiger partial charge in [0.15, 0.2) is 0 Å². The fraction of sp³-hybridized carbons (Fsp3) is 0.500. The Balaban J connectivity index is 1.48. The second kappa shape index (κ2) is 7.61. The number of aromatic amines is 1. The summed E-state index contributed by atoms with van der Waals surface area (Å²) < 4.78 is 39.8. The number of pyridine rings is 1. The monoisotopic (exact) mass is 447 g/mol. The zero-order chi connectivity index (χ0) is 22.6. The third kappa shape index (κ3) is 3.99. The van der Waals surface area contributed by atoms with Crippen molar-refractivity contribution in [3.63, 3.8) is 0 Å². The first-order valence-corrected chi connectivity index (χ1v) is 10.8. The second-order valence-corrected chi connectivity index (χ2v) is 8.88. The van der Waals surface area contributed by atoms with Crippen LogP contribution in [0.2, 0.25) is 0 Å². The Morgan fingerprint density at radius 3 is 2.53 bits per heavy atom. The van der Waals surface area contributed by atoms with Crippen LogP contribution < -0.4 is 5.56 Å². The Morgan fingerprint density at radius 2 is 1.88 bits per heavy atom. The molecule has 0 unspecified atom stereocenters. The first kappa shape index (κ1) is 21.0. The topological polar surface area (TPSA) is 74.2 Å². The van der Waals surface area contributed by atoms with E-state index in [1.807, 2.05) is 4.68 Å². The lowest BCUT2D eigenvalue weighted by molar-refractivity contribution is -0.148. The lowest BCUT2D eigenvalue weighted by Gasteiger charge is -2.35. The van der Waals surface area contributed by atoms with Crippen LogP contribution in [-0.2, 0) is 6.54 Å². The van der Waals surface area contributed by atoms with Crippen molar-refractivity contribution in [2.45, 2.75) is 32.5 Å². The molecule has 1 aromatic carbocycles. The van der Waals surface area contributed by atoms with E-state index < -0.39 is 12.7 Å². The molecule has 0 bridgehead atoms. The molecule has 0 atom stereocenters. The molecule has 3 aromatic rings. The number of carbonyl (C=O) groups is 1. The van der Waals surface area contributed by atoms with Crippen molar-refractivity contribution in [3.8, 4) is 0 Å². The Kier molecular flexibility index (Phi) is 4.99. The third-order valence-corrected chi connectivity index (χ3v) is 6.37. The van der Waals surface area contributed by atoms with E-state index in [9.17, 15) is 22.8 Å². The molecule has 1 N–H and O–H groups in total. The highest BCUT2D eigenvalue weighted by Crippen LogP contribution is 2.33. The number of aromatic nitrogens is 3. The van der Waals surface area contributed by atoms with Gasteiger partial charge in [-0.3, -0.25) is 19.2 Å².